The van der Waals surface area contributed by atoms with Crippen molar-refractivity contribution in [2.45, 2.75) is 93.8 Å². The molecule has 177 valence electrons. The number of allylic oxidation sites excluding steroid dienone is 1. The second kappa shape index (κ2) is 14.4. The summed E-state index contributed by atoms with van der Waals surface area (Å²) >= 11 is -0.376. The number of halogens is 2. The molecule has 0 amide bonds. The zero-order valence-electron chi connectivity index (χ0n) is 20.6. The first-order chi connectivity index (χ1) is 15.2. The van der Waals surface area contributed by atoms with Gasteiger partial charge < -0.3 is 24.8 Å². The van der Waals surface area contributed by atoms with Gasteiger partial charge in [0.1, 0.15) is 0 Å². The summed E-state index contributed by atoms with van der Waals surface area (Å²) in [5.41, 5.74) is 9.49. The fourth-order valence-electron chi connectivity index (χ4n) is 5.52. The van der Waals surface area contributed by atoms with E-state index < -0.39 is 0 Å². The van der Waals surface area contributed by atoms with Gasteiger partial charge in [-0.15, -0.1) is 0 Å². The second-order valence-electron chi connectivity index (χ2n) is 9.87. The molecule has 1 radical (unpaired) electrons. The normalized spacial score (nSPS) is 17.6. The average Bonchev–Trinajstić information content (AvgIpc) is 3.14. The summed E-state index contributed by atoms with van der Waals surface area (Å²) in [6.07, 6.45) is 16.5. The van der Waals surface area contributed by atoms with E-state index >= 15 is 0 Å². The van der Waals surface area contributed by atoms with Crippen molar-refractivity contribution in [3.63, 3.8) is 0 Å². The third kappa shape index (κ3) is 7.42. The van der Waals surface area contributed by atoms with Gasteiger partial charge in [-0.05, 0) is 0 Å². The van der Waals surface area contributed by atoms with Crippen LogP contribution in [0.5, 0.6) is 0 Å². The minimum Gasteiger partial charge on any atom is -1.00 e. The Morgan fingerprint density at radius 3 is 2.27 bits per heavy atom. The van der Waals surface area contributed by atoms with Crippen molar-refractivity contribution in [3.05, 3.63) is 64.7 Å². The summed E-state index contributed by atoms with van der Waals surface area (Å²) < 4.78 is 0.838. The topological polar surface area (TPSA) is 0 Å². The first-order valence-corrected chi connectivity index (χ1v) is 20.3. The first kappa shape index (κ1) is 29.1. The minimum absolute atomic E-state index is 0. The Bertz CT molecular complexity index is 885. The smallest absolute Gasteiger partial charge is 1.00 e. The third-order valence-corrected chi connectivity index (χ3v) is 16.1. The van der Waals surface area contributed by atoms with Crippen molar-refractivity contribution >= 4 is 12.0 Å². The van der Waals surface area contributed by atoms with Gasteiger partial charge in [-0.25, -0.2) is 0 Å². The molecule has 0 aliphatic heterocycles. The van der Waals surface area contributed by atoms with E-state index in [4.69, 9.17) is 0 Å². The largest absolute Gasteiger partial charge is 1.00 e. The molecule has 0 heterocycles. The number of hydrogen-bond donors (Lipinski definition) is 0. The Labute approximate surface area is 227 Å². The van der Waals surface area contributed by atoms with Crippen LogP contribution in [0.15, 0.2) is 48.0 Å². The van der Waals surface area contributed by atoms with Crippen LogP contribution in [0.4, 0.5) is 0 Å². The number of unbranched alkanes of at least 4 members (excludes halogenated alkanes) is 3. The summed E-state index contributed by atoms with van der Waals surface area (Å²) in [7, 11) is 0. The zero-order valence-corrected chi connectivity index (χ0v) is 25.6. The van der Waals surface area contributed by atoms with Crippen molar-refractivity contribution in [2.24, 2.45) is 0 Å². The van der Waals surface area contributed by atoms with E-state index in [0.717, 1.165) is 9.54 Å². The van der Waals surface area contributed by atoms with E-state index in [1.54, 1.807) is 22.3 Å². The molecule has 1 saturated carbocycles. The quantitative estimate of drug-likeness (QED) is 0.318. The van der Waals surface area contributed by atoms with Crippen LogP contribution in [0.25, 0.3) is 17.2 Å². The Kier molecular flexibility index (Phi) is 12.7. The van der Waals surface area contributed by atoms with Crippen molar-refractivity contribution < 1.29 is 47.2 Å². The number of rotatable bonds is 9. The van der Waals surface area contributed by atoms with Crippen LogP contribution in [0.2, 0.25) is 13.1 Å². The predicted octanol–water partition coefficient (Wildman–Crippen LogP) is 3.15. The van der Waals surface area contributed by atoms with Gasteiger partial charge in [-0.1, -0.05) is 0 Å². The molecular weight excluding hydrogens is 539 g/mol. The third-order valence-electron chi connectivity index (χ3n) is 7.20. The SMILES string of the molecule is CCCCCCC1=Cc2c(-c3ccc(C4CCCCC4)cc3)cccc2[CH]1[Zr+2][Si](C)C.[Cl-].[Cl-]. The van der Waals surface area contributed by atoms with Crippen molar-refractivity contribution in [1.29, 1.82) is 0 Å². The molecule has 33 heavy (non-hydrogen) atoms. The summed E-state index contributed by atoms with van der Waals surface area (Å²) in [6, 6.07) is 16.9. The maximum Gasteiger partial charge on any atom is -1.00 e. The van der Waals surface area contributed by atoms with Crippen LogP contribution in [0, 0.1) is 0 Å². The van der Waals surface area contributed by atoms with Gasteiger partial charge in [0.15, 0.2) is 0 Å². The zero-order chi connectivity index (χ0) is 21.6. The van der Waals surface area contributed by atoms with Gasteiger partial charge in [0, 0.05) is 0 Å². The van der Waals surface area contributed by atoms with Gasteiger partial charge in [0.05, 0.1) is 0 Å². The molecular formula is C29H39Cl2SiZr. The van der Waals surface area contributed by atoms with Crippen molar-refractivity contribution in [3.8, 4) is 11.1 Å². The van der Waals surface area contributed by atoms with E-state index in [1.165, 1.54) is 75.3 Å². The Morgan fingerprint density at radius 1 is 0.879 bits per heavy atom. The van der Waals surface area contributed by atoms with Crippen LogP contribution in [-0.2, 0) is 22.4 Å². The molecule has 0 N–H and O–H groups in total. The van der Waals surface area contributed by atoms with E-state index in [9.17, 15) is 0 Å². The van der Waals surface area contributed by atoms with Crippen LogP contribution >= 0.6 is 0 Å². The van der Waals surface area contributed by atoms with Gasteiger partial charge in [-0.3, -0.25) is 0 Å². The number of fused-ring (bicyclic) bond motifs is 1. The van der Waals surface area contributed by atoms with Gasteiger partial charge >= 0.3 is 204 Å². The van der Waals surface area contributed by atoms with Crippen LogP contribution in [0.1, 0.15) is 97.4 Å². The summed E-state index contributed by atoms with van der Waals surface area (Å²) in [5.74, 6) is 0.705. The molecule has 1 unspecified atom stereocenters. The van der Waals surface area contributed by atoms with Crippen LogP contribution < -0.4 is 24.8 Å². The van der Waals surface area contributed by atoms with E-state index in [-0.39, 0.29) is 53.1 Å². The molecule has 2 aliphatic rings. The van der Waals surface area contributed by atoms with Crippen LogP contribution in [-0.4, -0.2) is 5.92 Å². The fourth-order valence-corrected chi connectivity index (χ4v) is 14.4. The number of hydrogen-bond acceptors (Lipinski definition) is 0. The van der Waals surface area contributed by atoms with Crippen LogP contribution in [0.3, 0.4) is 0 Å². The molecule has 0 nitrogen and oxygen atoms in total. The van der Waals surface area contributed by atoms with Gasteiger partial charge in [0.25, 0.3) is 0 Å². The average molecular weight is 578 g/mol. The summed E-state index contributed by atoms with van der Waals surface area (Å²) in [4.78, 5) is 0. The number of benzene rings is 2. The summed E-state index contributed by atoms with van der Waals surface area (Å²) in [5, 5.41) is 0. The predicted molar refractivity (Wildman–Crippen MR) is 135 cm³/mol. The second-order valence-corrected chi connectivity index (χ2v) is 23.1. The molecule has 2 aliphatic carbocycles. The standard InChI is InChI=1S/C27H33.C2H6Si.2ClH.Zr/c1-2-3-4-6-10-21-19-25-13-9-14-26(27(25)20-21)24-17-15-23(16-18-24)22-11-7-5-8-12-22;1-3-2;;;/h9,13-20,22H,2-8,10-12H2,1H3;1-2H3;2*1H;/q;;;;+2/p-2. The Morgan fingerprint density at radius 2 is 1.61 bits per heavy atom. The van der Waals surface area contributed by atoms with Gasteiger partial charge in [-0.2, -0.15) is 0 Å². The van der Waals surface area contributed by atoms with Crippen molar-refractivity contribution in [1.82, 2.24) is 0 Å². The van der Waals surface area contributed by atoms with E-state index in [1.807, 2.05) is 0 Å². The molecule has 1 fully saturated rings. The van der Waals surface area contributed by atoms with Gasteiger partial charge in [0.2, 0.25) is 0 Å². The summed E-state index contributed by atoms with van der Waals surface area (Å²) in [6.45, 7) is 7.42. The molecule has 0 spiro atoms. The molecule has 2 aromatic carbocycles. The van der Waals surface area contributed by atoms with Crippen molar-refractivity contribution in [2.75, 3.05) is 0 Å². The monoisotopic (exact) mass is 575 g/mol. The molecule has 2 aromatic rings. The molecule has 0 bridgehead atoms. The molecule has 0 saturated heterocycles. The Balaban J connectivity index is 0.00000193. The maximum absolute atomic E-state index is 2.63. The first-order valence-electron chi connectivity index (χ1n) is 12.7. The maximum atomic E-state index is 2.63. The minimum atomic E-state index is -0.376. The van der Waals surface area contributed by atoms with E-state index in [2.05, 4.69) is 68.6 Å². The fraction of sp³-hybridized carbons (Fsp3) is 0.517. The molecule has 0 aromatic heterocycles. The Hall–Kier alpha value is -0.140. The van der Waals surface area contributed by atoms with E-state index in [0.29, 0.717) is 0 Å². The molecule has 4 heteroatoms. The molecule has 1 atom stereocenters. The molecule has 4 rings (SSSR count).